The monoisotopic (exact) mass is 287 g/mol. The van der Waals surface area contributed by atoms with Crippen molar-refractivity contribution in [2.45, 2.75) is 32.0 Å². The van der Waals surface area contributed by atoms with Gasteiger partial charge in [0, 0.05) is 26.8 Å². The van der Waals surface area contributed by atoms with Gasteiger partial charge in [0.2, 0.25) is 0 Å². The van der Waals surface area contributed by atoms with E-state index in [1.165, 1.54) is 25.0 Å². The largest absolute Gasteiger partial charge is 0.416 e. The summed E-state index contributed by atoms with van der Waals surface area (Å²) in [7, 11) is 1.69. The number of ether oxygens (including phenoxy) is 1. The van der Waals surface area contributed by atoms with Crippen LogP contribution >= 0.6 is 0 Å². The van der Waals surface area contributed by atoms with E-state index in [1.807, 2.05) is 0 Å². The lowest BCUT2D eigenvalue weighted by atomic mass is 10.0. The van der Waals surface area contributed by atoms with Crippen molar-refractivity contribution < 1.29 is 17.9 Å². The van der Waals surface area contributed by atoms with Crippen molar-refractivity contribution in [1.29, 1.82) is 0 Å². The summed E-state index contributed by atoms with van der Waals surface area (Å²) in [6, 6.07) is 5.49. The normalized spacial score (nSPS) is 17.2. The van der Waals surface area contributed by atoms with Crippen LogP contribution in [0.1, 0.15) is 30.4 Å². The van der Waals surface area contributed by atoms with Gasteiger partial charge in [0.25, 0.3) is 0 Å². The highest BCUT2D eigenvalue weighted by molar-refractivity contribution is 5.25. The molecule has 0 atom stereocenters. The van der Waals surface area contributed by atoms with Gasteiger partial charge in [-0.1, -0.05) is 18.2 Å². The first kappa shape index (κ1) is 15.3. The van der Waals surface area contributed by atoms with Crippen LogP contribution in [-0.4, -0.2) is 20.3 Å². The molecule has 112 valence electrons. The third kappa shape index (κ3) is 4.21. The Labute approximate surface area is 117 Å². The SMILES string of the molecule is COCCC1(CNCc2cccc(C(F)(F)F)c2)CC1. The smallest absolute Gasteiger partial charge is 0.385 e. The molecule has 0 aliphatic heterocycles. The summed E-state index contributed by atoms with van der Waals surface area (Å²) in [5.41, 5.74) is 0.386. The van der Waals surface area contributed by atoms with Crippen LogP contribution in [0.5, 0.6) is 0 Å². The van der Waals surface area contributed by atoms with Gasteiger partial charge in [0.15, 0.2) is 0 Å². The maximum atomic E-state index is 12.6. The van der Waals surface area contributed by atoms with E-state index in [9.17, 15) is 13.2 Å². The van der Waals surface area contributed by atoms with E-state index in [2.05, 4.69) is 5.32 Å². The van der Waals surface area contributed by atoms with Crippen molar-refractivity contribution in [3.05, 3.63) is 35.4 Å². The number of halogens is 3. The zero-order valence-corrected chi connectivity index (χ0v) is 11.6. The highest BCUT2D eigenvalue weighted by Crippen LogP contribution is 2.48. The maximum absolute atomic E-state index is 12.6. The Kier molecular flexibility index (Phi) is 4.70. The van der Waals surface area contributed by atoms with Crippen LogP contribution in [0.3, 0.4) is 0 Å². The van der Waals surface area contributed by atoms with Crippen molar-refractivity contribution in [2.75, 3.05) is 20.3 Å². The summed E-state index contributed by atoms with van der Waals surface area (Å²) in [5, 5.41) is 3.27. The van der Waals surface area contributed by atoms with E-state index in [4.69, 9.17) is 4.74 Å². The van der Waals surface area contributed by atoms with Crippen LogP contribution in [-0.2, 0) is 17.5 Å². The van der Waals surface area contributed by atoms with Crippen molar-refractivity contribution in [1.82, 2.24) is 5.32 Å². The van der Waals surface area contributed by atoms with Crippen molar-refractivity contribution in [2.24, 2.45) is 5.41 Å². The van der Waals surface area contributed by atoms with Crippen LogP contribution in [0.15, 0.2) is 24.3 Å². The van der Waals surface area contributed by atoms with Crippen LogP contribution in [0.4, 0.5) is 13.2 Å². The number of benzene rings is 1. The average molecular weight is 287 g/mol. The van der Waals surface area contributed by atoms with Gasteiger partial charge >= 0.3 is 6.18 Å². The zero-order chi connectivity index (χ0) is 14.6. The minimum atomic E-state index is -4.27. The summed E-state index contributed by atoms with van der Waals surface area (Å²) in [6.45, 7) is 2.05. The van der Waals surface area contributed by atoms with Gasteiger partial charge in [-0.25, -0.2) is 0 Å². The fourth-order valence-corrected chi connectivity index (χ4v) is 2.34. The molecule has 0 amide bonds. The first-order valence-electron chi connectivity index (χ1n) is 6.81. The number of alkyl halides is 3. The van der Waals surface area contributed by atoms with Crippen molar-refractivity contribution in [3.8, 4) is 0 Å². The number of hydrogen-bond donors (Lipinski definition) is 1. The zero-order valence-electron chi connectivity index (χ0n) is 11.6. The van der Waals surface area contributed by atoms with Crippen LogP contribution in [0.2, 0.25) is 0 Å². The molecule has 0 saturated heterocycles. The van der Waals surface area contributed by atoms with Crippen LogP contribution in [0.25, 0.3) is 0 Å². The third-order valence-corrected chi connectivity index (χ3v) is 3.88. The molecule has 1 aromatic rings. The lowest BCUT2D eigenvalue weighted by Gasteiger charge is -2.16. The summed E-state index contributed by atoms with van der Waals surface area (Å²) in [4.78, 5) is 0. The van der Waals surface area contributed by atoms with Gasteiger partial charge in [-0.2, -0.15) is 13.2 Å². The Balaban J connectivity index is 1.83. The third-order valence-electron chi connectivity index (χ3n) is 3.88. The maximum Gasteiger partial charge on any atom is 0.416 e. The molecule has 1 aliphatic rings. The molecule has 0 heterocycles. The molecule has 0 unspecified atom stereocenters. The molecule has 1 aliphatic carbocycles. The fourth-order valence-electron chi connectivity index (χ4n) is 2.34. The fraction of sp³-hybridized carbons (Fsp3) is 0.600. The Bertz CT molecular complexity index is 441. The van der Waals surface area contributed by atoms with E-state index in [0.29, 0.717) is 17.5 Å². The van der Waals surface area contributed by atoms with Gasteiger partial charge in [0.1, 0.15) is 0 Å². The summed E-state index contributed by atoms with van der Waals surface area (Å²) >= 11 is 0. The van der Waals surface area contributed by atoms with E-state index in [0.717, 1.165) is 25.6 Å². The van der Waals surface area contributed by atoms with E-state index in [-0.39, 0.29) is 0 Å². The minimum absolute atomic E-state index is 0.303. The highest BCUT2D eigenvalue weighted by atomic mass is 19.4. The first-order chi connectivity index (χ1) is 9.45. The molecule has 1 saturated carbocycles. The topological polar surface area (TPSA) is 21.3 Å². The predicted octanol–water partition coefficient (Wildman–Crippen LogP) is 3.61. The molecule has 0 radical (unpaired) electrons. The summed E-state index contributed by atoms with van der Waals surface area (Å²) < 4.78 is 42.9. The van der Waals surface area contributed by atoms with Gasteiger partial charge in [-0.15, -0.1) is 0 Å². The van der Waals surface area contributed by atoms with Crippen LogP contribution < -0.4 is 5.32 Å². The van der Waals surface area contributed by atoms with Gasteiger partial charge in [-0.3, -0.25) is 0 Å². The number of hydrogen-bond acceptors (Lipinski definition) is 2. The summed E-state index contributed by atoms with van der Waals surface area (Å²) in [6.07, 6.45) is -0.914. The standard InChI is InChI=1S/C15H20F3NO/c1-20-8-7-14(5-6-14)11-19-10-12-3-2-4-13(9-12)15(16,17)18/h2-4,9,19H,5-8,10-11H2,1H3. The van der Waals surface area contributed by atoms with Crippen molar-refractivity contribution in [3.63, 3.8) is 0 Å². The quantitative estimate of drug-likeness (QED) is 0.827. The Morgan fingerprint density at radius 3 is 2.65 bits per heavy atom. The molecular weight excluding hydrogens is 267 g/mol. The molecule has 20 heavy (non-hydrogen) atoms. The molecule has 0 spiro atoms. The van der Waals surface area contributed by atoms with Crippen molar-refractivity contribution >= 4 is 0 Å². The number of rotatable bonds is 7. The van der Waals surface area contributed by atoms with Crippen LogP contribution in [0, 0.1) is 5.41 Å². The Hall–Kier alpha value is -1.07. The summed E-state index contributed by atoms with van der Waals surface area (Å²) in [5.74, 6) is 0. The van der Waals surface area contributed by atoms with E-state index in [1.54, 1.807) is 13.2 Å². The second kappa shape index (κ2) is 6.14. The lowest BCUT2D eigenvalue weighted by molar-refractivity contribution is -0.137. The van der Waals surface area contributed by atoms with Gasteiger partial charge in [-0.05, 0) is 36.3 Å². The van der Waals surface area contributed by atoms with E-state index >= 15 is 0 Å². The molecule has 0 aromatic heterocycles. The minimum Gasteiger partial charge on any atom is -0.385 e. The first-order valence-corrected chi connectivity index (χ1v) is 6.81. The molecule has 0 bridgehead atoms. The number of nitrogens with one attached hydrogen (secondary N) is 1. The molecule has 1 aromatic carbocycles. The Morgan fingerprint density at radius 1 is 1.30 bits per heavy atom. The number of methoxy groups -OCH3 is 1. The molecule has 1 N–H and O–H groups in total. The predicted molar refractivity (Wildman–Crippen MR) is 71.3 cm³/mol. The van der Waals surface area contributed by atoms with E-state index < -0.39 is 11.7 Å². The van der Waals surface area contributed by atoms with Gasteiger partial charge < -0.3 is 10.1 Å². The highest BCUT2D eigenvalue weighted by Gasteiger charge is 2.41. The molecule has 2 rings (SSSR count). The molecule has 5 heteroatoms. The lowest BCUT2D eigenvalue weighted by Crippen LogP contribution is -2.24. The molecular formula is C15H20F3NO. The second-order valence-electron chi connectivity index (χ2n) is 5.54. The van der Waals surface area contributed by atoms with Gasteiger partial charge in [0.05, 0.1) is 5.56 Å². The molecule has 2 nitrogen and oxygen atoms in total. The second-order valence-corrected chi connectivity index (χ2v) is 5.54. The molecule has 1 fully saturated rings. The average Bonchev–Trinajstić information content (AvgIpc) is 3.16. The Morgan fingerprint density at radius 2 is 2.05 bits per heavy atom.